The molecule has 0 aromatic heterocycles. The summed E-state index contributed by atoms with van der Waals surface area (Å²) >= 11 is 0. The van der Waals surface area contributed by atoms with Crippen molar-refractivity contribution in [3.8, 4) is 11.1 Å². The zero-order chi connectivity index (χ0) is 54.3. The predicted octanol–water partition coefficient (Wildman–Crippen LogP) is 8.02. The van der Waals surface area contributed by atoms with Crippen LogP contribution >= 0.6 is 0 Å². The van der Waals surface area contributed by atoms with E-state index in [1.807, 2.05) is 101 Å². The number of carbonyl (C=O) groups is 6. The molecule has 6 rings (SSSR count). The summed E-state index contributed by atoms with van der Waals surface area (Å²) in [5.41, 5.74) is 4.47. The van der Waals surface area contributed by atoms with Crippen LogP contribution in [0.25, 0.3) is 11.1 Å². The number of fused-ring (bicyclic) bond motifs is 4. The van der Waals surface area contributed by atoms with Crippen LogP contribution in [0.15, 0.2) is 78.9 Å². The molecule has 0 bridgehead atoms. The van der Waals surface area contributed by atoms with Gasteiger partial charge in [-0.05, 0) is 85.1 Å². The Bertz CT molecular complexity index is 2390. The Hall–Kier alpha value is -5.80. The number of piperidine rings is 1. The van der Waals surface area contributed by atoms with Gasteiger partial charge in [0.25, 0.3) is 0 Å². The lowest BCUT2D eigenvalue weighted by Crippen LogP contribution is -2.60. The van der Waals surface area contributed by atoms with Gasteiger partial charge in [0.15, 0.2) is 0 Å². The first kappa shape index (κ1) is 57.5. The standard InChI is InChI=1S/C59H83N5O10/c1-15-36(6)52(62(11)56(68)50(34(2)3)61-55(67)51(35(4)5)63(12)58(70)73-33-44-42-27-21-19-25-40(42)41-26-20-22-28-43(41)44)48(71-13)32-49(65)64-46-30-39(46)31-47(64)53(72-14)37(7)54(66)60-45(57(69)74-59(8,9)10)29-38-23-17-16-18-24-38/h16-28,34-37,39,44-48,50-53H,15,29-33H2,1-14H3,(H,60,66)(H,61,67)/t36-,37+,39-,45?,46-,47-,48+,50-,51-,52-,53+/m0/s1. The zero-order valence-electron chi connectivity index (χ0n) is 46.3. The number of hydrogen-bond donors (Lipinski definition) is 2. The fourth-order valence-corrected chi connectivity index (χ4v) is 11.4. The highest BCUT2D eigenvalue weighted by atomic mass is 16.6. The molecule has 2 fully saturated rings. The molecule has 3 aromatic carbocycles. The zero-order valence-corrected chi connectivity index (χ0v) is 46.3. The first-order chi connectivity index (χ1) is 35.0. The average molecular weight is 1020 g/mol. The molecule has 15 nitrogen and oxygen atoms in total. The van der Waals surface area contributed by atoms with E-state index in [1.165, 1.54) is 4.90 Å². The molecule has 2 aliphatic carbocycles. The lowest BCUT2D eigenvalue weighted by atomic mass is 9.89. The largest absolute Gasteiger partial charge is 0.458 e. The van der Waals surface area contributed by atoms with E-state index < -0.39 is 77.8 Å². The van der Waals surface area contributed by atoms with Gasteiger partial charge in [-0.25, -0.2) is 9.59 Å². The highest BCUT2D eigenvalue weighted by Gasteiger charge is 2.57. The summed E-state index contributed by atoms with van der Waals surface area (Å²) in [6.07, 6.45) is 0.285. The fourth-order valence-electron chi connectivity index (χ4n) is 11.4. The number of nitrogens with one attached hydrogen (secondary N) is 2. The fraction of sp³-hybridized carbons (Fsp3) is 0.593. The van der Waals surface area contributed by atoms with Crippen LogP contribution in [0, 0.1) is 29.6 Å². The highest BCUT2D eigenvalue weighted by molar-refractivity contribution is 5.92. The molecule has 3 aliphatic rings. The Labute approximate surface area is 439 Å². The summed E-state index contributed by atoms with van der Waals surface area (Å²) in [6, 6.07) is 21.7. The van der Waals surface area contributed by atoms with Crippen molar-refractivity contribution in [1.29, 1.82) is 0 Å². The summed E-state index contributed by atoms with van der Waals surface area (Å²) in [4.78, 5) is 90.2. The van der Waals surface area contributed by atoms with E-state index in [9.17, 15) is 28.8 Å². The van der Waals surface area contributed by atoms with E-state index in [-0.39, 0.29) is 66.9 Å². The maximum atomic E-state index is 14.8. The number of amides is 5. The first-order valence-corrected chi connectivity index (χ1v) is 26.6. The lowest BCUT2D eigenvalue weighted by molar-refractivity contribution is -0.159. The van der Waals surface area contributed by atoms with Crippen molar-refractivity contribution >= 4 is 35.7 Å². The van der Waals surface area contributed by atoms with Gasteiger partial charge in [-0.1, -0.05) is 134 Å². The molecule has 1 saturated carbocycles. The minimum Gasteiger partial charge on any atom is -0.458 e. The second-order valence-electron chi connectivity index (χ2n) is 22.6. The van der Waals surface area contributed by atoms with Crippen molar-refractivity contribution in [3.63, 3.8) is 0 Å². The number of nitrogens with zero attached hydrogens (tertiary/aromatic N) is 3. The number of benzene rings is 3. The second-order valence-corrected chi connectivity index (χ2v) is 22.6. The second kappa shape index (κ2) is 24.7. The van der Waals surface area contributed by atoms with Crippen LogP contribution in [0.2, 0.25) is 0 Å². The molecule has 3 aromatic rings. The van der Waals surface area contributed by atoms with Crippen LogP contribution in [-0.2, 0) is 49.3 Å². The third-order valence-corrected chi connectivity index (χ3v) is 15.5. The summed E-state index contributed by atoms with van der Waals surface area (Å²) in [5, 5.41) is 5.98. The number of rotatable bonds is 23. The number of hydrogen-bond acceptors (Lipinski definition) is 10. The Morgan fingerprint density at radius 3 is 1.88 bits per heavy atom. The quantitative estimate of drug-likeness (QED) is 0.0887. The molecule has 0 radical (unpaired) electrons. The van der Waals surface area contributed by atoms with Crippen molar-refractivity contribution in [2.75, 3.05) is 34.9 Å². The van der Waals surface area contributed by atoms with Crippen molar-refractivity contribution in [2.45, 2.75) is 161 Å². The number of carbonyl (C=O) groups excluding carboxylic acids is 6. The molecule has 2 N–H and O–H groups in total. The SMILES string of the molecule is CC[C@H](C)[C@@H]([C@@H](CC(=O)N1[C@H]2C[C@H]2C[C@H]1[C@H](OC)[C@@H](C)C(=O)NC(Cc1ccccc1)C(=O)OC(C)(C)C)OC)N(C)C(=O)[C@@H](NC(=O)[C@H](C(C)C)N(C)C(=O)OCC1c2ccccc2-c2ccccc21)C(C)C. The van der Waals surface area contributed by atoms with Crippen LogP contribution in [0.5, 0.6) is 0 Å². The van der Waals surface area contributed by atoms with Gasteiger partial charge in [-0.3, -0.25) is 24.1 Å². The third-order valence-electron chi connectivity index (χ3n) is 15.5. The Morgan fingerprint density at radius 1 is 0.743 bits per heavy atom. The van der Waals surface area contributed by atoms with Crippen molar-refractivity contribution < 1.29 is 47.7 Å². The Morgan fingerprint density at radius 2 is 1.34 bits per heavy atom. The van der Waals surface area contributed by atoms with Gasteiger partial charge in [0.05, 0.1) is 36.6 Å². The van der Waals surface area contributed by atoms with E-state index in [0.717, 1.165) is 34.2 Å². The van der Waals surface area contributed by atoms with Gasteiger partial charge in [0, 0.05) is 46.7 Å². The number of likely N-dealkylation sites (tertiary alicyclic amines) is 1. The van der Waals surface area contributed by atoms with Gasteiger partial charge in [0.1, 0.15) is 30.3 Å². The minimum atomic E-state index is -0.975. The predicted molar refractivity (Wildman–Crippen MR) is 285 cm³/mol. The summed E-state index contributed by atoms with van der Waals surface area (Å²) < 4.78 is 23.9. The van der Waals surface area contributed by atoms with E-state index in [0.29, 0.717) is 12.8 Å². The van der Waals surface area contributed by atoms with E-state index in [1.54, 1.807) is 60.9 Å². The molecule has 404 valence electrons. The maximum absolute atomic E-state index is 14.8. The molecule has 1 heterocycles. The molecular weight excluding hydrogens is 939 g/mol. The molecule has 1 unspecified atom stereocenters. The van der Waals surface area contributed by atoms with Crippen molar-refractivity contribution in [3.05, 3.63) is 95.6 Å². The topological polar surface area (TPSA) is 173 Å². The minimum absolute atomic E-state index is 0.0204. The van der Waals surface area contributed by atoms with Gasteiger partial charge >= 0.3 is 12.1 Å². The molecule has 15 heteroatoms. The van der Waals surface area contributed by atoms with Crippen LogP contribution < -0.4 is 10.6 Å². The maximum Gasteiger partial charge on any atom is 0.410 e. The molecule has 5 amide bonds. The molecule has 11 atom stereocenters. The van der Waals surface area contributed by atoms with E-state index >= 15 is 0 Å². The molecule has 1 aliphatic heterocycles. The first-order valence-electron chi connectivity index (χ1n) is 26.6. The average Bonchev–Trinajstić information content (AvgIpc) is 3.90. The smallest absolute Gasteiger partial charge is 0.410 e. The van der Waals surface area contributed by atoms with E-state index in [4.69, 9.17) is 18.9 Å². The molecule has 1 saturated heterocycles. The Balaban J connectivity index is 1.13. The van der Waals surface area contributed by atoms with Crippen LogP contribution in [0.4, 0.5) is 4.79 Å². The van der Waals surface area contributed by atoms with Crippen LogP contribution in [0.1, 0.15) is 118 Å². The monoisotopic (exact) mass is 1020 g/mol. The third kappa shape index (κ3) is 13.2. The molecule has 0 spiro atoms. The summed E-state index contributed by atoms with van der Waals surface area (Å²) in [6.45, 7) is 18.7. The lowest BCUT2D eigenvalue weighted by Gasteiger charge is -2.41. The van der Waals surface area contributed by atoms with E-state index in [2.05, 4.69) is 34.9 Å². The number of likely N-dealkylation sites (N-methyl/N-ethyl adjacent to an activating group) is 2. The van der Waals surface area contributed by atoms with Crippen LogP contribution in [0.3, 0.4) is 0 Å². The van der Waals surface area contributed by atoms with Gasteiger partial charge < -0.3 is 39.4 Å². The summed E-state index contributed by atoms with van der Waals surface area (Å²) in [5.74, 6) is -3.38. The van der Waals surface area contributed by atoms with Gasteiger partial charge in [0.2, 0.25) is 23.6 Å². The summed E-state index contributed by atoms with van der Waals surface area (Å²) in [7, 11) is 6.33. The number of esters is 1. The Kier molecular flexibility index (Phi) is 19.2. The van der Waals surface area contributed by atoms with Crippen LogP contribution in [-0.4, -0.2) is 139 Å². The molecule has 74 heavy (non-hydrogen) atoms. The molecular formula is C59H83N5O10. The van der Waals surface area contributed by atoms with Gasteiger partial charge in [-0.2, -0.15) is 0 Å². The van der Waals surface area contributed by atoms with Crippen molar-refractivity contribution in [1.82, 2.24) is 25.3 Å². The van der Waals surface area contributed by atoms with Gasteiger partial charge in [-0.15, -0.1) is 0 Å². The number of methoxy groups -OCH3 is 2. The van der Waals surface area contributed by atoms with Crippen molar-refractivity contribution in [2.24, 2.45) is 29.6 Å². The number of ether oxygens (including phenoxy) is 4. The normalized spacial score (nSPS) is 20.2. The highest BCUT2D eigenvalue weighted by Crippen LogP contribution is 2.50.